The van der Waals surface area contributed by atoms with E-state index in [9.17, 15) is 0 Å². The van der Waals surface area contributed by atoms with Gasteiger partial charge in [-0.3, -0.25) is 0 Å². The number of halogens is 1. The second-order valence-corrected chi connectivity index (χ2v) is 8.79. The van der Waals surface area contributed by atoms with E-state index in [1.54, 1.807) is 0 Å². The summed E-state index contributed by atoms with van der Waals surface area (Å²) in [6.45, 7) is 9.55. The van der Waals surface area contributed by atoms with Gasteiger partial charge in [-0.05, 0) is 63.1 Å². The van der Waals surface area contributed by atoms with Crippen LogP contribution in [-0.4, -0.2) is 12.6 Å². The molecule has 0 spiro atoms. The van der Waals surface area contributed by atoms with E-state index in [0.717, 1.165) is 23.7 Å². The quantitative estimate of drug-likeness (QED) is 0.431. The van der Waals surface area contributed by atoms with Gasteiger partial charge in [0.1, 0.15) is 11.8 Å². The van der Waals surface area contributed by atoms with Gasteiger partial charge in [0.15, 0.2) is 0 Å². The summed E-state index contributed by atoms with van der Waals surface area (Å²) in [7, 11) is 0. The molecule has 2 atom stereocenters. The van der Waals surface area contributed by atoms with Crippen molar-refractivity contribution < 1.29 is 10.1 Å². The molecule has 0 aromatic heterocycles. The van der Waals surface area contributed by atoms with Crippen molar-refractivity contribution in [2.24, 2.45) is 0 Å². The van der Waals surface area contributed by atoms with Gasteiger partial charge in [-0.15, -0.1) is 0 Å². The van der Waals surface area contributed by atoms with Crippen LogP contribution in [0.5, 0.6) is 5.75 Å². The summed E-state index contributed by atoms with van der Waals surface area (Å²) in [6.07, 6.45) is 1.26. The van der Waals surface area contributed by atoms with Gasteiger partial charge in [-0.1, -0.05) is 65.7 Å². The average Bonchev–Trinajstić information content (AvgIpc) is 2.73. The first-order valence-corrected chi connectivity index (χ1v) is 11.2. The van der Waals surface area contributed by atoms with Gasteiger partial charge >= 0.3 is 0 Å². The molecule has 2 nitrogen and oxygen atoms in total. The van der Waals surface area contributed by atoms with Crippen LogP contribution in [0, 0.1) is 6.92 Å². The molecule has 0 fully saturated rings. The zero-order valence-corrected chi connectivity index (χ0v) is 19.2. The van der Waals surface area contributed by atoms with Gasteiger partial charge in [-0.2, -0.15) is 0 Å². The van der Waals surface area contributed by atoms with E-state index < -0.39 is 0 Å². The highest BCUT2D eigenvalue weighted by atomic mass is 35.5. The standard InChI is InChI=1S/C27H32ClNO/c1-19(2)30-26-15-11-24(12-16-26)27(23-7-5-20(3)6-8-23)17-18-29-21(4)22-9-13-25(28)14-10-22/h5-16,19,21,27,29H,17-18H2,1-4H3/p+1/t21-,27-/m0/s1. The molecule has 0 aliphatic carbocycles. The van der Waals surface area contributed by atoms with Crippen LogP contribution in [0.1, 0.15) is 61.4 Å². The molecular weight excluding hydrogens is 390 g/mol. The lowest BCUT2D eigenvalue weighted by molar-refractivity contribution is -0.693. The molecule has 3 heteroatoms. The fourth-order valence-electron chi connectivity index (χ4n) is 3.79. The van der Waals surface area contributed by atoms with Crippen LogP contribution in [0.2, 0.25) is 5.02 Å². The van der Waals surface area contributed by atoms with E-state index in [2.05, 4.69) is 93.7 Å². The lowest BCUT2D eigenvalue weighted by Gasteiger charge is -2.20. The number of nitrogens with two attached hydrogens (primary N) is 1. The van der Waals surface area contributed by atoms with Crippen LogP contribution in [0.25, 0.3) is 0 Å². The van der Waals surface area contributed by atoms with Gasteiger partial charge in [0, 0.05) is 22.9 Å². The fourth-order valence-corrected chi connectivity index (χ4v) is 3.92. The minimum atomic E-state index is 0.188. The monoisotopic (exact) mass is 422 g/mol. The highest BCUT2D eigenvalue weighted by molar-refractivity contribution is 6.30. The zero-order valence-electron chi connectivity index (χ0n) is 18.4. The molecule has 30 heavy (non-hydrogen) atoms. The Labute approximate surface area is 186 Å². The van der Waals surface area contributed by atoms with Crippen molar-refractivity contribution in [1.29, 1.82) is 0 Å². The zero-order chi connectivity index (χ0) is 21.5. The van der Waals surface area contributed by atoms with E-state index in [0.29, 0.717) is 12.0 Å². The van der Waals surface area contributed by atoms with Gasteiger partial charge < -0.3 is 10.1 Å². The summed E-state index contributed by atoms with van der Waals surface area (Å²) in [5.41, 5.74) is 5.30. The number of ether oxygens (including phenoxy) is 1. The van der Waals surface area contributed by atoms with Crippen LogP contribution in [0.4, 0.5) is 0 Å². The number of aryl methyl sites for hydroxylation is 1. The number of quaternary nitrogens is 1. The van der Waals surface area contributed by atoms with Crippen molar-refractivity contribution in [3.05, 3.63) is 100 Å². The second-order valence-electron chi connectivity index (χ2n) is 8.35. The molecule has 0 heterocycles. The van der Waals surface area contributed by atoms with Crippen molar-refractivity contribution in [1.82, 2.24) is 0 Å². The molecule has 0 aliphatic rings. The van der Waals surface area contributed by atoms with Crippen LogP contribution in [0.15, 0.2) is 72.8 Å². The third-order valence-electron chi connectivity index (χ3n) is 5.51. The van der Waals surface area contributed by atoms with Crippen LogP contribution in [-0.2, 0) is 0 Å². The predicted octanol–water partition coefficient (Wildman–Crippen LogP) is 6.28. The fraction of sp³-hybridized carbons (Fsp3) is 0.333. The Morgan fingerprint density at radius 2 is 1.30 bits per heavy atom. The van der Waals surface area contributed by atoms with Crippen molar-refractivity contribution in [2.75, 3.05) is 6.54 Å². The van der Waals surface area contributed by atoms with E-state index in [1.165, 1.54) is 22.3 Å². The van der Waals surface area contributed by atoms with Crippen LogP contribution in [0.3, 0.4) is 0 Å². The smallest absolute Gasteiger partial charge is 0.119 e. The van der Waals surface area contributed by atoms with Crippen molar-refractivity contribution in [3.63, 3.8) is 0 Å². The molecule has 3 aromatic carbocycles. The lowest BCUT2D eigenvalue weighted by Crippen LogP contribution is -2.84. The average molecular weight is 423 g/mol. The first kappa shape index (κ1) is 22.4. The molecule has 2 N–H and O–H groups in total. The molecule has 3 rings (SSSR count). The second kappa shape index (κ2) is 10.7. The summed E-state index contributed by atoms with van der Waals surface area (Å²) in [5.74, 6) is 1.30. The molecular formula is C27H33ClNO+. The maximum Gasteiger partial charge on any atom is 0.119 e. The van der Waals surface area contributed by atoms with Crippen LogP contribution >= 0.6 is 11.6 Å². The normalized spacial score (nSPS) is 13.3. The minimum absolute atomic E-state index is 0.188. The first-order chi connectivity index (χ1) is 14.4. The summed E-state index contributed by atoms with van der Waals surface area (Å²) < 4.78 is 5.82. The Morgan fingerprint density at radius 3 is 1.87 bits per heavy atom. The number of benzene rings is 3. The maximum atomic E-state index is 6.03. The molecule has 0 unspecified atom stereocenters. The minimum Gasteiger partial charge on any atom is -0.491 e. The summed E-state index contributed by atoms with van der Waals surface area (Å²) in [6, 6.07) is 26.1. The van der Waals surface area contributed by atoms with Crippen LogP contribution < -0.4 is 10.1 Å². The summed E-state index contributed by atoms with van der Waals surface area (Å²) >= 11 is 6.03. The SMILES string of the molecule is Cc1ccc([C@H](CC[NH2+][C@@H](C)c2ccc(Cl)cc2)c2ccc(OC(C)C)cc2)cc1. The van der Waals surface area contributed by atoms with E-state index >= 15 is 0 Å². The van der Waals surface area contributed by atoms with Gasteiger partial charge in [0.05, 0.1) is 12.6 Å². The van der Waals surface area contributed by atoms with Gasteiger partial charge in [0.2, 0.25) is 0 Å². The first-order valence-electron chi connectivity index (χ1n) is 10.8. The largest absolute Gasteiger partial charge is 0.491 e. The summed E-state index contributed by atoms with van der Waals surface area (Å²) in [5, 5.41) is 3.20. The Bertz CT molecular complexity index is 901. The Hall–Kier alpha value is -2.29. The van der Waals surface area contributed by atoms with Crippen molar-refractivity contribution in [3.8, 4) is 5.75 Å². The van der Waals surface area contributed by atoms with E-state index in [-0.39, 0.29) is 6.10 Å². The Balaban J connectivity index is 1.71. The third-order valence-corrected chi connectivity index (χ3v) is 5.76. The molecule has 3 aromatic rings. The number of hydrogen-bond donors (Lipinski definition) is 1. The van der Waals surface area contributed by atoms with Crippen molar-refractivity contribution >= 4 is 11.6 Å². The number of hydrogen-bond acceptors (Lipinski definition) is 1. The third kappa shape index (κ3) is 6.35. The molecule has 0 bridgehead atoms. The predicted molar refractivity (Wildman–Crippen MR) is 127 cm³/mol. The topological polar surface area (TPSA) is 25.8 Å². The molecule has 0 aliphatic heterocycles. The lowest BCUT2D eigenvalue weighted by atomic mass is 9.88. The van der Waals surface area contributed by atoms with E-state index in [1.807, 2.05) is 12.1 Å². The Kier molecular flexibility index (Phi) is 7.95. The highest BCUT2D eigenvalue weighted by Crippen LogP contribution is 2.29. The molecule has 158 valence electrons. The maximum absolute atomic E-state index is 6.03. The van der Waals surface area contributed by atoms with Gasteiger partial charge in [0.25, 0.3) is 0 Å². The Morgan fingerprint density at radius 1 is 0.767 bits per heavy atom. The highest BCUT2D eigenvalue weighted by Gasteiger charge is 2.17. The molecule has 0 saturated carbocycles. The molecule has 0 saturated heterocycles. The molecule has 0 radical (unpaired) electrons. The number of rotatable bonds is 9. The van der Waals surface area contributed by atoms with E-state index in [4.69, 9.17) is 16.3 Å². The summed E-state index contributed by atoms with van der Waals surface area (Å²) in [4.78, 5) is 0. The van der Waals surface area contributed by atoms with Gasteiger partial charge in [-0.25, -0.2) is 0 Å². The van der Waals surface area contributed by atoms with Crippen molar-refractivity contribution in [2.45, 2.75) is 52.2 Å². The molecule has 0 amide bonds.